The predicted molar refractivity (Wildman–Crippen MR) is 102 cm³/mol. The maximum atomic E-state index is 11.3. The molecule has 0 aliphatic heterocycles. The number of ether oxygens (including phenoxy) is 2. The van der Waals surface area contributed by atoms with Gasteiger partial charge in [-0.3, -0.25) is 4.79 Å². The van der Waals surface area contributed by atoms with Gasteiger partial charge in [-0.25, -0.2) is 0 Å². The lowest BCUT2D eigenvalue weighted by Gasteiger charge is -2.29. The Morgan fingerprint density at radius 3 is 1.48 bits per heavy atom. The first-order chi connectivity index (χ1) is 11.6. The van der Waals surface area contributed by atoms with Gasteiger partial charge in [-0.2, -0.15) is 0 Å². The van der Waals surface area contributed by atoms with Gasteiger partial charge in [-0.05, 0) is 61.1 Å². The summed E-state index contributed by atoms with van der Waals surface area (Å²) in [6, 6.07) is 8.60. The summed E-state index contributed by atoms with van der Waals surface area (Å²) in [4.78, 5) is 11.3. The van der Waals surface area contributed by atoms with Crippen molar-refractivity contribution in [3.8, 4) is 11.5 Å². The quantitative estimate of drug-likeness (QED) is 0.568. The van der Waals surface area contributed by atoms with E-state index in [2.05, 4.69) is 52.0 Å². The summed E-state index contributed by atoms with van der Waals surface area (Å²) in [6.45, 7) is 14.0. The Labute approximate surface area is 151 Å². The molecule has 2 aromatic rings. The standard InChI is InChI=1S/C22H28O3/c1-13-9-18(10-14(2)20(13)24-8)22(6,7)19-11-15(3)21(16(4)12-19)25-17(5)23/h9-12H,1-8H3. The van der Waals surface area contributed by atoms with E-state index in [1.807, 2.05) is 13.8 Å². The predicted octanol–water partition coefficient (Wildman–Crippen LogP) is 5.18. The van der Waals surface area contributed by atoms with E-state index in [4.69, 9.17) is 9.47 Å². The molecule has 3 heteroatoms. The zero-order chi connectivity index (χ0) is 18.9. The molecule has 0 radical (unpaired) electrons. The largest absolute Gasteiger partial charge is 0.496 e. The number of aryl methyl sites for hydroxylation is 4. The SMILES string of the molecule is COc1c(C)cc(C(C)(C)c2cc(C)c(OC(C)=O)c(C)c2)cc1C. The third kappa shape index (κ3) is 3.71. The van der Waals surface area contributed by atoms with Gasteiger partial charge in [0.1, 0.15) is 11.5 Å². The lowest BCUT2D eigenvalue weighted by molar-refractivity contribution is -0.131. The second-order valence-electron chi connectivity index (χ2n) is 7.30. The summed E-state index contributed by atoms with van der Waals surface area (Å²) in [5.74, 6) is 1.31. The van der Waals surface area contributed by atoms with Crippen LogP contribution in [0.25, 0.3) is 0 Å². The van der Waals surface area contributed by atoms with Crippen molar-refractivity contribution in [3.05, 3.63) is 57.6 Å². The molecule has 0 spiro atoms. The van der Waals surface area contributed by atoms with Crippen molar-refractivity contribution in [1.29, 1.82) is 0 Å². The number of benzene rings is 2. The summed E-state index contributed by atoms with van der Waals surface area (Å²) < 4.78 is 10.9. The van der Waals surface area contributed by atoms with Gasteiger partial charge in [0.25, 0.3) is 0 Å². The van der Waals surface area contributed by atoms with E-state index in [1.165, 1.54) is 18.1 Å². The number of hydrogen-bond acceptors (Lipinski definition) is 3. The fourth-order valence-electron chi connectivity index (χ4n) is 3.42. The van der Waals surface area contributed by atoms with E-state index in [9.17, 15) is 4.79 Å². The molecule has 0 bridgehead atoms. The molecule has 3 nitrogen and oxygen atoms in total. The van der Waals surface area contributed by atoms with Crippen molar-refractivity contribution in [1.82, 2.24) is 0 Å². The van der Waals surface area contributed by atoms with E-state index in [0.717, 1.165) is 28.0 Å². The summed E-state index contributed by atoms with van der Waals surface area (Å²) in [6.07, 6.45) is 0. The molecular weight excluding hydrogens is 312 g/mol. The first-order valence-corrected chi connectivity index (χ1v) is 8.53. The Morgan fingerprint density at radius 2 is 1.16 bits per heavy atom. The molecule has 0 fully saturated rings. The highest BCUT2D eigenvalue weighted by atomic mass is 16.5. The molecule has 2 rings (SSSR count). The van der Waals surface area contributed by atoms with E-state index in [1.54, 1.807) is 7.11 Å². The fraction of sp³-hybridized carbons (Fsp3) is 0.409. The van der Waals surface area contributed by atoms with Gasteiger partial charge in [0.15, 0.2) is 0 Å². The average molecular weight is 340 g/mol. The van der Waals surface area contributed by atoms with Crippen LogP contribution in [-0.2, 0) is 10.2 Å². The Hall–Kier alpha value is -2.29. The summed E-state index contributed by atoms with van der Waals surface area (Å²) in [7, 11) is 1.71. The molecule has 0 unspecified atom stereocenters. The molecule has 2 aromatic carbocycles. The second kappa shape index (κ2) is 6.91. The zero-order valence-electron chi connectivity index (χ0n) is 16.5. The molecule has 0 aromatic heterocycles. The smallest absolute Gasteiger partial charge is 0.308 e. The third-order valence-electron chi connectivity index (χ3n) is 4.81. The van der Waals surface area contributed by atoms with Crippen LogP contribution in [0.5, 0.6) is 11.5 Å². The van der Waals surface area contributed by atoms with Gasteiger partial charge < -0.3 is 9.47 Å². The van der Waals surface area contributed by atoms with E-state index < -0.39 is 0 Å². The maximum Gasteiger partial charge on any atom is 0.308 e. The van der Waals surface area contributed by atoms with Gasteiger partial charge in [0, 0.05) is 12.3 Å². The minimum absolute atomic E-state index is 0.175. The van der Waals surface area contributed by atoms with E-state index in [-0.39, 0.29) is 11.4 Å². The van der Waals surface area contributed by atoms with Crippen molar-refractivity contribution < 1.29 is 14.3 Å². The zero-order valence-corrected chi connectivity index (χ0v) is 16.5. The van der Waals surface area contributed by atoms with Gasteiger partial charge in [0.2, 0.25) is 0 Å². The fourth-order valence-corrected chi connectivity index (χ4v) is 3.42. The summed E-state index contributed by atoms with van der Waals surface area (Å²) in [5.41, 5.74) is 6.47. The Morgan fingerprint density at radius 1 is 0.800 bits per heavy atom. The second-order valence-corrected chi connectivity index (χ2v) is 7.30. The highest BCUT2D eigenvalue weighted by molar-refractivity contribution is 5.70. The Bertz CT molecular complexity index is 770. The molecular formula is C22H28O3. The van der Waals surface area contributed by atoms with Crippen LogP contribution in [-0.4, -0.2) is 13.1 Å². The molecule has 0 atom stereocenters. The molecule has 0 amide bonds. The average Bonchev–Trinajstić information content (AvgIpc) is 2.50. The van der Waals surface area contributed by atoms with Crippen LogP contribution in [0, 0.1) is 27.7 Å². The van der Waals surface area contributed by atoms with Crippen molar-refractivity contribution in [2.75, 3.05) is 7.11 Å². The first kappa shape index (κ1) is 19.0. The minimum Gasteiger partial charge on any atom is -0.496 e. The first-order valence-electron chi connectivity index (χ1n) is 8.53. The lowest BCUT2D eigenvalue weighted by Crippen LogP contribution is -2.20. The number of rotatable bonds is 4. The van der Waals surface area contributed by atoms with Crippen LogP contribution in [0.2, 0.25) is 0 Å². The van der Waals surface area contributed by atoms with Crippen LogP contribution < -0.4 is 9.47 Å². The minimum atomic E-state index is -0.292. The maximum absolute atomic E-state index is 11.3. The van der Waals surface area contributed by atoms with Crippen LogP contribution in [0.4, 0.5) is 0 Å². The molecule has 0 aliphatic rings. The molecule has 134 valence electrons. The monoisotopic (exact) mass is 340 g/mol. The lowest BCUT2D eigenvalue weighted by atomic mass is 9.76. The number of methoxy groups -OCH3 is 1. The van der Waals surface area contributed by atoms with E-state index >= 15 is 0 Å². The van der Waals surface area contributed by atoms with Crippen LogP contribution in [0.3, 0.4) is 0 Å². The number of carbonyl (C=O) groups is 1. The molecule has 0 heterocycles. The Balaban J connectivity index is 2.55. The van der Waals surface area contributed by atoms with Crippen molar-refractivity contribution in [3.63, 3.8) is 0 Å². The third-order valence-corrected chi connectivity index (χ3v) is 4.81. The number of hydrogen-bond donors (Lipinski definition) is 0. The normalized spacial score (nSPS) is 11.4. The molecule has 0 N–H and O–H groups in total. The number of carbonyl (C=O) groups excluding carboxylic acids is 1. The van der Waals surface area contributed by atoms with Crippen LogP contribution >= 0.6 is 0 Å². The molecule has 0 aliphatic carbocycles. The van der Waals surface area contributed by atoms with Crippen molar-refractivity contribution in [2.45, 2.75) is 53.9 Å². The van der Waals surface area contributed by atoms with Gasteiger partial charge >= 0.3 is 5.97 Å². The van der Waals surface area contributed by atoms with Gasteiger partial charge in [-0.1, -0.05) is 38.1 Å². The Kier molecular flexibility index (Phi) is 5.26. The number of esters is 1. The van der Waals surface area contributed by atoms with Gasteiger partial charge in [-0.15, -0.1) is 0 Å². The van der Waals surface area contributed by atoms with Crippen molar-refractivity contribution in [2.24, 2.45) is 0 Å². The molecule has 25 heavy (non-hydrogen) atoms. The summed E-state index contributed by atoms with van der Waals surface area (Å²) >= 11 is 0. The summed E-state index contributed by atoms with van der Waals surface area (Å²) in [5, 5.41) is 0. The van der Waals surface area contributed by atoms with Gasteiger partial charge in [0.05, 0.1) is 7.11 Å². The van der Waals surface area contributed by atoms with Crippen molar-refractivity contribution >= 4 is 5.97 Å². The van der Waals surface area contributed by atoms with E-state index in [0.29, 0.717) is 5.75 Å². The highest BCUT2D eigenvalue weighted by Crippen LogP contribution is 2.38. The topological polar surface area (TPSA) is 35.5 Å². The molecule has 0 saturated heterocycles. The van der Waals surface area contributed by atoms with Crippen LogP contribution in [0.15, 0.2) is 24.3 Å². The molecule has 0 saturated carbocycles. The highest BCUT2D eigenvalue weighted by Gasteiger charge is 2.26. The van der Waals surface area contributed by atoms with Crippen LogP contribution in [0.1, 0.15) is 54.2 Å².